The maximum absolute atomic E-state index is 5.40. The van der Waals surface area contributed by atoms with Crippen LogP contribution in [0.25, 0.3) is 0 Å². The molecule has 2 heterocycles. The molecule has 0 amide bonds. The Labute approximate surface area is 114 Å². The summed E-state index contributed by atoms with van der Waals surface area (Å²) in [5.41, 5.74) is 3.22. The molecule has 1 aliphatic carbocycles. The number of nitrogen functional groups attached to an aromatic ring is 1. The molecule has 0 atom stereocenters. The first-order chi connectivity index (χ1) is 9.31. The van der Waals surface area contributed by atoms with Crippen LogP contribution < -0.4 is 16.2 Å². The van der Waals surface area contributed by atoms with Crippen LogP contribution in [0.3, 0.4) is 0 Å². The molecule has 1 saturated carbocycles. The number of hydrazine groups is 1. The van der Waals surface area contributed by atoms with Crippen molar-refractivity contribution in [2.24, 2.45) is 11.3 Å². The summed E-state index contributed by atoms with van der Waals surface area (Å²) in [6.45, 7) is 2.22. The van der Waals surface area contributed by atoms with Crippen molar-refractivity contribution in [3.8, 4) is 0 Å². The molecule has 1 aromatic heterocycles. The van der Waals surface area contributed by atoms with Gasteiger partial charge in [0.05, 0.1) is 0 Å². The predicted octanol–water partition coefficient (Wildman–Crippen LogP) is 2.31. The van der Waals surface area contributed by atoms with Gasteiger partial charge in [0.2, 0.25) is 0 Å². The van der Waals surface area contributed by atoms with Crippen molar-refractivity contribution >= 4 is 11.6 Å². The van der Waals surface area contributed by atoms with Crippen LogP contribution in [0.2, 0.25) is 0 Å². The molecule has 0 unspecified atom stereocenters. The van der Waals surface area contributed by atoms with Crippen LogP contribution in [0.15, 0.2) is 12.4 Å². The lowest BCUT2D eigenvalue weighted by molar-refractivity contribution is 0.144. The molecule has 1 aromatic rings. The Morgan fingerprint density at radius 2 is 1.79 bits per heavy atom. The average molecular weight is 261 g/mol. The fourth-order valence-corrected chi connectivity index (χ4v) is 3.61. The van der Waals surface area contributed by atoms with E-state index in [9.17, 15) is 0 Å². The van der Waals surface area contributed by atoms with E-state index in [0.717, 1.165) is 18.9 Å². The zero-order chi connectivity index (χ0) is 13.1. The Kier molecular flexibility index (Phi) is 3.55. The zero-order valence-electron chi connectivity index (χ0n) is 11.4. The van der Waals surface area contributed by atoms with Gasteiger partial charge in [-0.15, -0.1) is 0 Å². The molecule has 1 saturated heterocycles. The lowest BCUT2D eigenvalue weighted by Gasteiger charge is -2.44. The summed E-state index contributed by atoms with van der Waals surface area (Å²) in [6, 6.07) is 1.93. The van der Waals surface area contributed by atoms with Gasteiger partial charge in [-0.25, -0.2) is 15.8 Å². The van der Waals surface area contributed by atoms with Gasteiger partial charge in [0.15, 0.2) is 0 Å². The van der Waals surface area contributed by atoms with Gasteiger partial charge in [-0.1, -0.05) is 19.3 Å². The summed E-state index contributed by atoms with van der Waals surface area (Å²) in [6.07, 6.45) is 11.3. The van der Waals surface area contributed by atoms with Gasteiger partial charge in [0.1, 0.15) is 18.0 Å². The smallest absolute Gasteiger partial charge is 0.145 e. The van der Waals surface area contributed by atoms with Gasteiger partial charge in [-0.2, -0.15) is 0 Å². The predicted molar refractivity (Wildman–Crippen MR) is 76.8 cm³/mol. The van der Waals surface area contributed by atoms with Crippen molar-refractivity contribution in [1.29, 1.82) is 0 Å². The molecule has 0 aromatic carbocycles. The number of piperidine rings is 1. The standard InChI is InChI=1S/C14H23N5/c15-18-12-10-13(17-11-16-12)19-8-6-14(7-9-19)4-2-1-3-5-14/h10-11H,1-9,15H2,(H,16,17,18). The molecule has 19 heavy (non-hydrogen) atoms. The van der Waals surface area contributed by atoms with Crippen molar-refractivity contribution < 1.29 is 0 Å². The maximum atomic E-state index is 5.40. The first kappa shape index (κ1) is 12.7. The molecule has 3 rings (SSSR count). The van der Waals surface area contributed by atoms with Gasteiger partial charge >= 0.3 is 0 Å². The summed E-state index contributed by atoms with van der Waals surface area (Å²) >= 11 is 0. The van der Waals surface area contributed by atoms with Gasteiger partial charge in [-0.05, 0) is 31.1 Å². The van der Waals surface area contributed by atoms with E-state index in [1.54, 1.807) is 6.33 Å². The third-order valence-electron chi connectivity index (χ3n) is 4.86. The van der Waals surface area contributed by atoms with Gasteiger partial charge in [0.25, 0.3) is 0 Å². The molecule has 5 heteroatoms. The van der Waals surface area contributed by atoms with Gasteiger partial charge in [-0.3, -0.25) is 0 Å². The summed E-state index contributed by atoms with van der Waals surface area (Å²) in [7, 11) is 0. The SMILES string of the molecule is NNc1cc(N2CCC3(CCCCC3)CC2)ncn1. The molecule has 2 fully saturated rings. The molecule has 0 radical (unpaired) electrons. The van der Waals surface area contributed by atoms with E-state index >= 15 is 0 Å². The minimum absolute atomic E-state index is 0.636. The minimum atomic E-state index is 0.636. The second kappa shape index (κ2) is 5.33. The highest BCUT2D eigenvalue weighted by atomic mass is 15.3. The first-order valence-electron chi connectivity index (χ1n) is 7.35. The minimum Gasteiger partial charge on any atom is -0.356 e. The van der Waals surface area contributed by atoms with Crippen LogP contribution in [0.1, 0.15) is 44.9 Å². The summed E-state index contributed by atoms with van der Waals surface area (Å²) in [4.78, 5) is 10.8. The summed E-state index contributed by atoms with van der Waals surface area (Å²) < 4.78 is 0. The van der Waals surface area contributed by atoms with Crippen LogP contribution in [0.5, 0.6) is 0 Å². The molecule has 104 valence electrons. The molecule has 3 N–H and O–H groups in total. The van der Waals surface area contributed by atoms with Crippen molar-refractivity contribution in [3.63, 3.8) is 0 Å². The number of nitrogens with one attached hydrogen (secondary N) is 1. The van der Waals surface area contributed by atoms with Crippen molar-refractivity contribution in [2.45, 2.75) is 44.9 Å². The van der Waals surface area contributed by atoms with Crippen molar-refractivity contribution in [1.82, 2.24) is 9.97 Å². The topological polar surface area (TPSA) is 67.1 Å². The van der Waals surface area contributed by atoms with E-state index in [0.29, 0.717) is 11.2 Å². The third kappa shape index (κ3) is 2.66. The Morgan fingerprint density at radius 1 is 1.05 bits per heavy atom. The van der Waals surface area contributed by atoms with E-state index < -0.39 is 0 Å². The molecular formula is C14H23N5. The quantitative estimate of drug-likeness (QED) is 0.631. The van der Waals surface area contributed by atoms with Crippen LogP contribution in [0.4, 0.5) is 11.6 Å². The van der Waals surface area contributed by atoms with Crippen molar-refractivity contribution in [3.05, 3.63) is 12.4 Å². The number of rotatable bonds is 2. The number of aromatic nitrogens is 2. The summed E-state index contributed by atoms with van der Waals surface area (Å²) in [5.74, 6) is 7.08. The van der Waals surface area contributed by atoms with Crippen molar-refractivity contribution in [2.75, 3.05) is 23.4 Å². The largest absolute Gasteiger partial charge is 0.356 e. The second-order valence-corrected chi connectivity index (χ2v) is 5.95. The Hall–Kier alpha value is -1.36. The Bertz CT molecular complexity index is 418. The monoisotopic (exact) mass is 261 g/mol. The van der Waals surface area contributed by atoms with E-state index in [4.69, 9.17) is 5.84 Å². The number of hydrogen-bond acceptors (Lipinski definition) is 5. The molecule has 1 spiro atoms. The van der Waals surface area contributed by atoms with Crippen LogP contribution in [0, 0.1) is 5.41 Å². The number of hydrogen-bond donors (Lipinski definition) is 2. The van der Waals surface area contributed by atoms with Gasteiger partial charge in [0, 0.05) is 19.2 Å². The van der Waals surface area contributed by atoms with Crippen LogP contribution in [-0.4, -0.2) is 23.1 Å². The molecular weight excluding hydrogens is 238 g/mol. The Balaban J connectivity index is 1.65. The number of nitrogens with zero attached hydrogens (tertiary/aromatic N) is 3. The molecule has 5 nitrogen and oxygen atoms in total. The highest BCUT2D eigenvalue weighted by Crippen LogP contribution is 2.44. The molecule has 0 bridgehead atoms. The highest BCUT2D eigenvalue weighted by molar-refractivity contribution is 5.48. The van der Waals surface area contributed by atoms with E-state index in [1.165, 1.54) is 44.9 Å². The zero-order valence-corrected chi connectivity index (χ0v) is 11.4. The molecule has 1 aliphatic heterocycles. The van der Waals surface area contributed by atoms with E-state index in [-0.39, 0.29) is 0 Å². The van der Waals surface area contributed by atoms with Gasteiger partial charge < -0.3 is 10.3 Å². The fourth-order valence-electron chi connectivity index (χ4n) is 3.61. The number of anilines is 2. The van der Waals surface area contributed by atoms with Crippen LogP contribution in [-0.2, 0) is 0 Å². The lowest BCUT2D eigenvalue weighted by atomic mass is 9.68. The first-order valence-corrected chi connectivity index (χ1v) is 7.35. The highest BCUT2D eigenvalue weighted by Gasteiger charge is 2.35. The fraction of sp³-hybridized carbons (Fsp3) is 0.714. The maximum Gasteiger partial charge on any atom is 0.145 e. The Morgan fingerprint density at radius 3 is 2.47 bits per heavy atom. The van der Waals surface area contributed by atoms with E-state index in [1.807, 2.05) is 6.07 Å². The number of nitrogens with two attached hydrogens (primary N) is 1. The third-order valence-corrected chi connectivity index (χ3v) is 4.86. The lowest BCUT2D eigenvalue weighted by Crippen LogP contribution is -2.41. The summed E-state index contributed by atoms with van der Waals surface area (Å²) in [5, 5.41) is 0. The average Bonchev–Trinajstić information content (AvgIpc) is 2.49. The molecule has 2 aliphatic rings. The van der Waals surface area contributed by atoms with Crippen LogP contribution >= 0.6 is 0 Å². The van der Waals surface area contributed by atoms with E-state index in [2.05, 4.69) is 20.3 Å². The normalized spacial score (nSPS) is 22.5. The second-order valence-electron chi connectivity index (χ2n) is 5.95.